The fourth-order valence-corrected chi connectivity index (χ4v) is 0.840. The van der Waals surface area contributed by atoms with Crippen molar-refractivity contribution in [3.05, 3.63) is 12.2 Å². The zero-order valence-corrected chi connectivity index (χ0v) is 8.94. The minimum Gasteiger partial charge on any atom is -0.394 e. The number of aliphatic hydroxyl groups excluding tert-OH is 2. The minimum atomic E-state index is -1.15. The molecule has 5 heteroatoms. The molecule has 88 valence electrons. The summed E-state index contributed by atoms with van der Waals surface area (Å²) in [6, 6.07) is 0. The van der Waals surface area contributed by atoms with E-state index in [0.29, 0.717) is 12.2 Å². The first kappa shape index (κ1) is 14.2. The van der Waals surface area contributed by atoms with Crippen molar-refractivity contribution in [2.45, 2.75) is 13.0 Å². The fraction of sp³-hybridized carbons (Fsp3) is 0.700. The number of hydrogen-bond acceptors (Lipinski definition) is 5. The molecule has 0 aromatic carbocycles. The summed E-state index contributed by atoms with van der Waals surface area (Å²) in [7, 11) is 0. The third-order valence-corrected chi connectivity index (χ3v) is 1.61. The van der Waals surface area contributed by atoms with Crippen LogP contribution < -0.4 is 0 Å². The lowest BCUT2D eigenvalue weighted by molar-refractivity contribution is -0.126. The van der Waals surface area contributed by atoms with Crippen LogP contribution in [0.3, 0.4) is 0 Å². The van der Waals surface area contributed by atoms with Gasteiger partial charge in [-0.05, 0) is 12.5 Å². The van der Waals surface area contributed by atoms with Crippen molar-refractivity contribution in [2.24, 2.45) is 0 Å². The van der Waals surface area contributed by atoms with E-state index in [1.807, 2.05) is 0 Å². The maximum absolute atomic E-state index is 11.1. The number of aliphatic hydroxyl groups is 2. The smallest absolute Gasteiger partial charge is 0.188 e. The average Bonchev–Trinajstić information content (AvgIpc) is 2.21. The highest BCUT2D eigenvalue weighted by molar-refractivity contribution is 5.97. The van der Waals surface area contributed by atoms with Crippen molar-refractivity contribution in [1.82, 2.24) is 0 Å². The van der Waals surface area contributed by atoms with Crippen LogP contribution in [0.4, 0.5) is 0 Å². The van der Waals surface area contributed by atoms with Crippen LogP contribution in [-0.4, -0.2) is 55.1 Å². The van der Waals surface area contributed by atoms with Gasteiger partial charge in [0.2, 0.25) is 0 Å². The summed E-state index contributed by atoms with van der Waals surface area (Å²) in [5.41, 5.74) is 0.308. The Kier molecular flexibility index (Phi) is 8.12. The maximum atomic E-state index is 11.1. The lowest BCUT2D eigenvalue weighted by atomic mass is 10.1. The summed E-state index contributed by atoms with van der Waals surface area (Å²) in [6.45, 7) is 5.74. The van der Waals surface area contributed by atoms with Gasteiger partial charge in [0.15, 0.2) is 5.78 Å². The van der Waals surface area contributed by atoms with Crippen LogP contribution in [0.1, 0.15) is 6.92 Å². The zero-order valence-electron chi connectivity index (χ0n) is 8.94. The van der Waals surface area contributed by atoms with Gasteiger partial charge in [0.05, 0.1) is 33.0 Å². The highest BCUT2D eigenvalue weighted by atomic mass is 16.5. The molecule has 0 amide bonds. The highest BCUT2D eigenvalue weighted by Gasteiger charge is 2.15. The van der Waals surface area contributed by atoms with Gasteiger partial charge < -0.3 is 19.7 Å². The summed E-state index contributed by atoms with van der Waals surface area (Å²) < 4.78 is 9.91. The summed E-state index contributed by atoms with van der Waals surface area (Å²) in [5, 5.41) is 17.7. The first-order valence-corrected chi connectivity index (χ1v) is 4.73. The zero-order chi connectivity index (χ0) is 11.7. The largest absolute Gasteiger partial charge is 0.394 e. The molecule has 1 atom stereocenters. The average molecular weight is 218 g/mol. The Morgan fingerprint density at radius 2 is 1.93 bits per heavy atom. The van der Waals surface area contributed by atoms with Gasteiger partial charge in [-0.3, -0.25) is 4.79 Å². The van der Waals surface area contributed by atoms with E-state index >= 15 is 0 Å². The van der Waals surface area contributed by atoms with E-state index in [4.69, 9.17) is 14.6 Å². The Hall–Kier alpha value is -0.750. The highest BCUT2D eigenvalue weighted by Crippen LogP contribution is 1.97. The van der Waals surface area contributed by atoms with Gasteiger partial charge in [0.25, 0.3) is 0 Å². The fourth-order valence-electron chi connectivity index (χ4n) is 0.840. The third-order valence-electron chi connectivity index (χ3n) is 1.61. The van der Waals surface area contributed by atoms with E-state index in [1.165, 1.54) is 6.92 Å². The molecule has 0 fully saturated rings. The van der Waals surface area contributed by atoms with E-state index < -0.39 is 11.9 Å². The van der Waals surface area contributed by atoms with E-state index in [1.54, 1.807) is 0 Å². The van der Waals surface area contributed by atoms with E-state index in [0.717, 1.165) is 0 Å². The van der Waals surface area contributed by atoms with Crippen LogP contribution in [0.15, 0.2) is 12.2 Å². The molecule has 0 rings (SSSR count). The molecule has 0 heterocycles. The molecule has 1 unspecified atom stereocenters. The van der Waals surface area contributed by atoms with Crippen LogP contribution in [0.5, 0.6) is 0 Å². The van der Waals surface area contributed by atoms with Gasteiger partial charge in [-0.2, -0.15) is 0 Å². The van der Waals surface area contributed by atoms with Crippen LogP contribution in [-0.2, 0) is 14.3 Å². The second-order valence-corrected chi connectivity index (χ2v) is 3.07. The number of hydrogen-bond donors (Lipinski definition) is 2. The molecular weight excluding hydrogens is 200 g/mol. The first-order chi connectivity index (χ1) is 7.09. The minimum absolute atomic E-state index is 0.0310. The van der Waals surface area contributed by atoms with Gasteiger partial charge >= 0.3 is 0 Å². The molecule has 0 spiro atoms. The van der Waals surface area contributed by atoms with E-state index in [2.05, 4.69) is 6.58 Å². The van der Waals surface area contributed by atoms with Crippen LogP contribution in [0.2, 0.25) is 0 Å². The van der Waals surface area contributed by atoms with E-state index in [9.17, 15) is 9.90 Å². The molecule has 5 nitrogen and oxygen atoms in total. The Bertz CT molecular complexity index is 202. The lowest BCUT2D eigenvalue weighted by Crippen LogP contribution is -2.27. The number of rotatable bonds is 9. The standard InChI is InChI=1S/C10H18O5/c1-8(2)10(13)9(12)7-15-6-5-14-4-3-11/h9,11-12H,1,3-7H2,2H3. The Morgan fingerprint density at radius 1 is 1.33 bits per heavy atom. The molecule has 0 saturated heterocycles. The van der Waals surface area contributed by atoms with Crippen molar-refractivity contribution >= 4 is 5.78 Å². The van der Waals surface area contributed by atoms with Crippen molar-refractivity contribution in [2.75, 3.05) is 33.0 Å². The lowest BCUT2D eigenvalue weighted by Gasteiger charge is -2.10. The second kappa shape index (κ2) is 8.55. The second-order valence-electron chi connectivity index (χ2n) is 3.07. The Morgan fingerprint density at radius 3 is 2.47 bits per heavy atom. The molecule has 0 aliphatic carbocycles. The summed E-state index contributed by atoms with van der Waals surface area (Å²) >= 11 is 0. The van der Waals surface area contributed by atoms with Gasteiger partial charge in [0.1, 0.15) is 6.10 Å². The summed E-state index contributed by atoms with van der Waals surface area (Å²) in [4.78, 5) is 11.1. The molecule has 15 heavy (non-hydrogen) atoms. The van der Waals surface area contributed by atoms with Crippen molar-refractivity contribution in [3.63, 3.8) is 0 Å². The molecule has 2 N–H and O–H groups in total. The quantitative estimate of drug-likeness (QED) is 0.404. The van der Waals surface area contributed by atoms with Crippen molar-refractivity contribution in [1.29, 1.82) is 0 Å². The van der Waals surface area contributed by atoms with Crippen molar-refractivity contribution < 1.29 is 24.5 Å². The number of ether oxygens (including phenoxy) is 2. The summed E-state index contributed by atoms with van der Waals surface area (Å²) in [5.74, 6) is -0.411. The normalized spacial score (nSPS) is 12.5. The van der Waals surface area contributed by atoms with E-state index in [-0.39, 0.29) is 26.4 Å². The van der Waals surface area contributed by atoms with Crippen LogP contribution in [0, 0.1) is 0 Å². The maximum Gasteiger partial charge on any atom is 0.188 e. The molecule has 0 aliphatic heterocycles. The van der Waals surface area contributed by atoms with Crippen LogP contribution in [0.25, 0.3) is 0 Å². The number of carbonyl (C=O) groups excluding carboxylic acids is 1. The predicted octanol–water partition coefficient (Wildman–Crippen LogP) is -0.482. The first-order valence-electron chi connectivity index (χ1n) is 4.73. The molecule has 0 aliphatic rings. The van der Waals surface area contributed by atoms with Crippen LogP contribution >= 0.6 is 0 Å². The van der Waals surface area contributed by atoms with Gasteiger partial charge in [-0.25, -0.2) is 0 Å². The molecule has 0 bridgehead atoms. The van der Waals surface area contributed by atoms with Gasteiger partial charge in [0, 0.05) is 0 Å². The Balaban J connectivity index is 3.43. The number of Topliss-reactive ketones (excluding diaryl/α,β-unsaturated/α-hetero) is 1. The molecular formula is C10H18O5. The predicted molar refractivity (Wildman–Crippen MR) is 54.6 cm³/mol. The monoisotopic (exact) mass is 218 g/mol. The molecule has 0 aromatic rings. The molecule has 0 radical (unpaired) electrons. The SMILES string of the molecule is C=C(C)C(=O)C(O)COCCOCCO. The Labute approximate surface area is 89.3 Å². The van der Waals surface area contributed by atoms with Crippen molar-refractivity contribution in [3.8, 4) is 0 Å². The number of ketones is 1. The topological polar surface area (TPSA) is 76.0 Å². The van der Waals surface area contributed by atoms with Gasteiger partial charge in [-0.15, -0.1) is 0 Å². The molecule has 0 saturated carbocycles. The summed E-state index contributed by atoms with van der Waals surface area (Å²) in [6.07, 6.45) is -1.15. The van der Waals surface area contributed by atoms with Gasteiger partial charge in [-0.1, -0.05) is 6.58 Å². The number of carbonyl (C=O) groups is 1. The molecule has 0 aromatic heterocycles. The third kappa shape index (κ3) is 7.21.